The average molecular weight is 287 g/mol. The smallest absolute Gasteiger partial charge is 0.335 e. The van der Waals surface area contributed by atoms with Crippen LogP contribution in [0.15, 0.2) is 18.2 Å². The highest BCUT2D eigenvalue weighted by Gasteiger charge is 2.33. The molecule has 0 saturated carbocycles. The highest BCUT2D eigenvalue weighted by molar-refractivity contribution is 6.32. The number of hydrogen-bond donors (Lipinski definition) is 1. The van der Waals surface area contributed by atoms with E-state index in [2.05, 4.69) is 0 Å². The van der Waals surface area contributed by atoms with Gasteiger partial charge in [0.1, 0.15) is 18.5 Å². The van der Waals surface area contributed by atoms with Crippen LogP contribution in [0, 0.1) is 0 Å². The Balaban J connectivity index is 1.95. The Bertz CT molecular complexity index is 486. The number of benzene rings is 1. The van der Waals surface area contributed by atoms with Gasteiger partial charge >= 0.3 is 5.97 Å². The Morgan fingerprint density at radius 3 is 2.84 bits per heavy atom. The summed E-state index contributed by atoms with van der Waals surface area (Å²) in [5.41, 5.74) is 0.124. The summed E-state index contributed by atoms with van der Waals surface area (Å²) in [5.74, 6) is -1.19. The highest BCUT2D eigenvalue weighted by Crippen LogP contribution is 2.27. The molecule has 1 aromatic rings. The molecule has 1 unspecified atom stereocenters. The van der Waals surface area contributed by atoms with Gasteiger partial charge < -0.3 is 19.3 Å². The van der Waals surface area contributed by atoms with Crippen molar-refractivity contribution in [3.8, 4) is 5.75 Å². The summed E-state index contributed by atoms with van der Waals surface area (Å²) in [6, 6.07) is 4.33. The Labute approximate surface area is 116 Å². The largest absolute Gasteiger partial charge is 0.489 e. The van der Waals surface area contributed by atoms with Crippen molar-refractivity contribution in [3.63, 3.8) is 0 Å². The van der Waals surface area contributed by atoms with Gasteiger partial charge in [-0.25, -0.2) is 4.79 Å². The molecule has 104 valence electrons. The zero-order valence-corrected chi connectivity index (χ0v) is 11.4. The van der Waals surface area contributed by atoms with Gasteiger partial charge in [0.2, 0.25) is 0 Å². The van der Waals surface area contributed by atoms with Gasteiger partial charge in [-0.05, 0) is 32.0 Å². The van der Waals surface area contributed by atoms with Gasteiger partial charge in [0.25, 0.3) is 0 Å². The molecule has 19 heavy (non-hydrogen) atoms. The van der Waals surface area contributed by atoms with Gasteiger partial charge in [0, 0.05) is 0 Å². The number of carbonyl (C=O) groups is 1. The third kappa shape index (κ3) is 3.59. The fourth-order valence-corrected chi connectivity index (χ4v) is 2.01. The Kier molecular flexibility index (Phi) is 3.99. The number of carboxylic acids is 1. The van der Waals surface area contributed by atoms with Gasteiger partial charge in [0.05, 0.1) is 17.2 Å². The summed E-state index contributed by atoms with van der Waals surface area (Å²) in [6.45, 7) is 4.43. The minimum atomic E-state index is -1.03. The van der Waals surface area contributed by atoms with E-state index in [1.54, 1.807) is 0 Å². The van der Waals surface area contributed by atoms with E-state index in [0.717, 1.165) is 0 Å². The Morgan fingerprint density at radius 2 is 2.32 bits per heavy atom. The van der Waals surface area contributed by atoms with Crippen LogP contribution in [0.3, 0.4) is 0 Å². The second-order valence-corrected chi connectivity index (χ2v) is 5.12. The van der Waals surface area contributed by atoms with Crippen LogP contribution in [0.2, 0.25) is 5.02 Å². The number of aromatic carboxylic acids is 1. The van der Waals surface area contributed by atoms with Gasteiger partial charge in [-0.3, -0.25) is 0 Å². The molecule has 0 bridgehead atoms. The van der Waals surface area contributed by atoms with Gasteiger partial charge in [-0.15, -0.1) is 0 Å². The lowest BCUT2D eigenvalue weighted by molar-refractivity contribution is -0.141. The first-order valence-electron chi connectivity index (χ1n) is 5.85. The van der Waals surface area contributed by atoms with Crippen LogP contribution in [0.5, 0.6) is 5.75 Å². The van der Waals surface area contributed by atoms with E-state index in [1.165, 1.54) is 18.2 Å². The Hall–Kier alpha value is -1.30. The van der Waals surface area contributed by atoms with Crippen LogP contribution in [0.25, 0.3) is 0 Å². The number of carboxylic acid groups (broad SMARTS) is 1. The second kappa shape index (κ2) is 5.36. The maximum Gasteiger partial charge on any atom is 0.335 e. The summed E-state index contributed by atoms with van der Waals surface area (Å²) >= 11 is 5.95. The first-order chi connectivity index (χ1) is 8.87. The molecule has 1 saturated heterocycles. The molecule has 0 aromatic heterocycles. The summed E-state index contributed by atoms with van der Waals surface area (Å²) in [6.07, 6.45) is -0.162. The molecule has 1 aliphatic rings. The van der Waals surface area contributed by atoms with Crippen LogP contribution in [-0.2, 0) is 9.47 Å². The second-order valence-electron chi connectivity index (χ2n) is 4.71. The molecule has 1 aromatic carbocycles. The fraction of sp³-hybridized carbons (Fsp3) is 0.462. The lowest BCUT2D eigenvalue weighted by Crippen LogP contribution is -2.25. The van der Waals surface area contributed by atoms with Gasteiger partial charge in [-0.2, -0.15) is 0 Å². The third-order valence-electron chi connectivity index (χ3n) is 2.67. The normalized spacial score (nSPS) is 21.3. The van der Waals surface area contributed by atoms with E-state index in [4.69, 9.17) is 30.9 Å². The van der Waals surface area contributed by atoms with E-state index in [1.807, 2.05) is 13.8 Å². The van der Waals surface area contributed by atoms with Crippen LogP contribution in [-0.4, -0.2) is 36.2 Å². The Morgan fingerprint density at radius 1 is 1.58 bits per heavy atom. The van der Waals surface area contributed by atoms with E-state index < -0.39 is 11.8 Å². The maximum absolute atomic E-state index is 10.8. The van der Waals surface area contributed by atoms with Gasteiger partial charge in [-0.1, -0.05) is 11.6 Å². The monoisotopic (exact) mass is 286 g/mol. The summed E-state index contributed by atoms with van der Waals surface area (Å²) in [7, 11) is 0. The van der Waals surface area contributed by atoms with E-state index >= 15 is 0 Å². The van der Waals surface area contributed by atoms with Crippen molar-refractivity contribution in [1.82, 2.24) is 0 Å². The van der Waals surface area contributed by atoms with E-state index in [9.17, 15) is 4.79 Å². The molecule has 1 N–H and O–H groups in total. The standard InChI is InChI=1S/C13H15ClO5/c1-13(2)18-7-9(19-13)6-17-11-4-3-8(12(15)16)5-10(11)14/h3-5,9H,6-7H2,1-2H3,(H,15,16). The van der Waals surface area contributed by atoms with Crippen LogP contribution < -0.4 is 4.74 Å². The zero-order valence-electron chi connectivity index (χ0n) is 10.7. The van der Waals surface area contributed by atoms with Crippen molar-refractivity contribution in [2.24, 2.45) is 0 Å². The molecule has 2 rings (SSSR count). The molecule has 1 atom stereocenters. The quantitative estimate of drug-likeness (QED) is 0.921. The predicted molar refractivity (Wildman–Crippen MR) is 68.8 cm³/mol. The first kappa shape index (κ1) is 14.1. The molecule has 1 fully saturated rings. The van der Waals surface area contributed by atoms with Crippen molar-refractivity contribution in [3.05, 3.63) is 28.8 Å². The van der Waals surface area contributed by atoms with Crippen LogP contribution >= 0.6 is 11.6 Å². The van der Waals surface area contributed by atoms with E-state index in [0.29, 0.717) is 19.0 Å². The average Bonchev–Trinajstić information content (AvgIpc) is 2.67. The molecule has 1 aliphatic heterocycles. The van der Waals surface area contributed by atoms with Crippen molar-refractivity contribution < 1.29 is 24.1 Å². The molecule has 0 amide bonds. The molecule has 0 aliphatic carbocycles. The third-order valence-corrected chi connectivity index (χ3v) is 2.97. The molecular formula is C13H15ClO5. The lowest BCUT2D eigenvalue weighted by atomic mass is 10.2. The van der Waals surface area contributed by atoms with Gasteiger partial charge in [0.15, 0.2) is 5.79 Å². The van der Waals surface area contributed by atoms with Crippen LogP contribution in [0.1, 0.15) is 24.2 Å². The predicted octanol–water partition coefficient (Wildman–Crippen LogP) is 2.57. The SMILES string of the molecule is CC1(C)OCC(COc2ccc(C(=O)O)cc2Cl)O1. The minimum Gasteiger partial charge on any atom is -0.489 e. The lowest BCUT2D eigenvalue weighted by Gasteiger charge is -2.17. The molecular weight excluding hydrogens is 272 g/mol. The van der Waals surface area contributed by atoms with Crippen molar-refractivity contribution in [2.45, 2.75) is 25.7 Å². The maximum atomic E-state index is 10.8. The molecule has 0 radical (unpaired) electrons. The van der Waals surface area contributed by atoms with Crippen molar-refractivity contribution in [1.29, 1.82) is 0 Å². The zero-order chi connectivity index (χ0) is 14.0. The van der Waals surface area contributed by atoms with E-state index in [-0.39, 0.29) is 16.7 Å². The summed E-state index contributed by atoms with van der Waals surface area (Å²) in [4.78, 5) is 10.8. The molecule has 5 nitrogen and oxygen atoms in total. The summed E-state index contributed by atoms with van der Waals surface area (Å²) < 4.78 is 16.5. The first-order valence-corrected chi connectivity index (χ1v) is 6.22. The fourth-order valence-electron chi connectivity index (χ4n) is 1.78. The topological polar surface area (TPSA) is 65.0 Å². The van der Waals surface area contributed by atoms with Crippen molar-refractivity contribution in [2.75, 3.05) is 13.2 Å². The number of rotatable bonds is 4. The highest BCUT2D eigenvalue weighted by atomic mass is 35.5. The van der Waals surface area contributed by atoms with Crippen molar-refractivity contribution >= 4 is 17.6 Å². The molecule has 1 heterocycles. The number of halogens is 1. The molecule has 0 spiro atoms. The van der Waals surface area contributed by atoms with Crippen LogP contribution in [0.4, 0.5) is 0 Å². The summed E-state index contributed by atoms with van der Waals surface area (Å²) in [5, 5.41) is 9.09. The molecule has 6 heteroatoms. The minimum absolute atomic E-state index is 0.124. The number of hydrogen-bond acceptors (Lipinski definition) is 4. The number of ether oxygens (including phenoxy) is 3.